The summed E-state index contributed by atoms with van der Waals surface area (Å²) in [5.41, 5.74) is 7.41. The highest BCUT2D eigenvalue weighted by Crippen LogP contribution is 2.33. The van der Waals surface area contributed by atoms with Gasteiger partial charge in [0.25, 0.3) is 5.91 Å². The molecule has 2 aliphatic heterocycles. The molecule has 0 spiro atoms. The van der Waals surface area contributed by atoms with Crippen molar-refractivity contribution in [2.24, 2.45) is 11.1 Å². The molecule has 1 aromatic rings. The number of hydrogen-bond acceptors (Lipinski definition) is 4. The van der Waals surface area contributed by atoms with Crippen molar-refractivity contribution in [1.29, 1.82) is 0 Å². The van der Waals surface area contributed by atoms with Crippen molar-refractivity contribution in [2.75, 3.05) is 24.2 Å². The third kappa shape index (κ3) is 3.65. The van der Waals surface area contributed by atoms with Crippen LogP contribution in [-0.2, 0) is 4.79 Å². The molecule has 0 bridgehead atoms. The molecule has 7 heteroatoms. The molecule has 3 rings (SSSR count). The fourth-order valence-electron chi connectivity index (χ4n) is 2.95. The standard InChI is InChI=1S/C16H21N3O2S.ClH/c1-16(2)9-19(6-5-13(16)17)15(21)10-3-4-12-11(7-10)18-14(20)8-22-12;/h3-4,7,13H,5-6,8-9,17H2,1-2H3,(H,18,20);1H. The lowest BCUT2D eigenvalue weighted by Gasteiger charge is -2.42. The molecule has 0 aliphatic carbocycles. The summed E-state index contributed by atoms with van der Waals surface area (Å²) in [6, 6.07) is 5.65. The Morgan fingerprint density at radius 1 is 1.43 bits per heavy atom. The van der Waals surface area contributed by atoms with Crippen LogP contribution < -0.4 is 11.1 Å². The molecular formula is C16H22ClN3O2S. The molecule has 1 aromatic carbocycles. The highest BCUT2D eigenvalue weighted by molar-refractivity contribution is 8.00. The summed E-state index contributed by atoms with van der Waals surface area (Å²) in [6.45, 7) is 5.54. The van der Waals surface area contributed by atoms with E-state index in [1.165, 1.54) is 11.8 Å². The summed E-state index contributed by atoms with van der Waals surface area (Å²) < 4.78 is 0. The Hall–Kier alpha value is -1.24. The minimum absolute atomic E-state index is 0. The van der Waals surface area contributed by atoms with Crippen LogP contribution in [0.25, 0.3) is 0 Å². The molecular weight excluding hydrogens is 334 g/mol. The molecule has 0 aromatic heterocycles. The van der Waals surface area contributed by atoms with Crippen LogP contribution in [0, 0.1) is 5.41 Å². The number of likely N-dealkylation sites (tertiary alicyclic amines) is 1. The van der Waals surface area contributed by atoms with Crippen molar-refractivity contribution in [3.63, 3.8) is 0 Å². The molecule has 0 radical (unpaired) electrons. The third-order valence-corrected chi connectivity index (χ3v) is 5.53. The van der Waals surface area contributed by atoms with Gasteiger partial charge < -0.3 is 16.0 Å². The molecule has 1 unspecified atom stereocenters. The summed E-state index contributed by atoms with van der Waals surface area (Å²) in [6.07, 6.45) is 0.816. The molecule has 23 heavy (non-hydrogen) atoms. The smallest absolute Gasteiger partial charge is 0.253 e. The predicted octanol–water partition coefficient (Wildman–Crippen LogP) is 2.35. The Bertz CT molecular complexity index is 636. The minimum atomic E-state index is -0.0772. The Kier molecular flexibility index (Phi) is 5.28. The second-order valence-corrected chi connectivity index (χ2v) is 7.68. The first-order valence-corrected chi connectivity index (χ1v) is 8.47. The number of halogens is 1. The van der Waals surface area contributed by atoms with E-state index >= 15 is 0 Å². The van der Waals surface area contributed by atoms with Gasteiger partial charge in [0.05, 0.1) is 11.4 Å². The first kappa shape index (κ1) is 18.1. The zero-order valence-corrected chi connectivity index (χ0v) is 14.9. The zero-order chi connectivity index (χ0) is 15.9. The number of piperidine rings is 1. The summed E-state index contributed by atoms with van der Waals surface area (Å²) in [7, 11) is 0. The number of amides is 2. The molecule has 2 heterocycles. The van der Waals surface area contributed by atoms with E-state index < -0.39 is 0 Å². The molecule has 126 valence electrons. The topological polar surface area (TPSA) is 75.4 Å². The van der Waals surface area contributed by atoms with E-state index in [1.54, 1.807) is 6.07 Å². The van der Waals surface area contributed by atoms with Crippen LogP contribution in [0.2, 0.25) is 0 Å². The Labute approximate surface area is 146 Å². The van der Waals surface area contributed by atoms with E-state index in [9.17, 15) is 9.59 Å². The molecule has 5 nitrogen and oxygen atoms in total. The Balaban J connectivity index is 0.00000192. The van der Waals surface area contributed by atoms with Crippen molar-refractivity contribution in [2.45, 2.75) is 31.2 Å². The molecule has 1 atom stereocenters. The second kappa shape index (κ2) is 6.71. The van der Waals surface area contributed by atoms with E-state index in [2.05, 4.69) is 19.2 Å². The maximum atomic E-state index is 12.7. The molecule has 0 saturated carbocycles. The number of anilines is 1. The number of nitrogens with zero attached hydrogens (tertiary/aromatic N) is 1. The number of carbonyl (C=O) groups is 2. The van der Waals surface area contributed by atoms with Gasteiger partial charge in [-0.1, -0.05) is 13.8 Å². The number of thioether (sulfide) groups is 1. The number of carbonyl (C=O) groups excluding carboxylic acids is 2. The van der Waals surface area contributed by atoms with E-state index in [0.29, 0.717) is 24.4 Å². The second-order valence-electron chi connectivity index (χ2n) is 6.66. The predicted molar refractivity (Wildman–Crippen MR) is 95.3 cm³/mol. The molecule has 1 fully saturated rings. The largest absolute Gasteiger partial charge is 0.338 e. The Morgan fingerprint density at radius 2 is 2.17 bits per heavy atom. The van der Waals surface area contributed by atoms with Gasteiger partial charge >= 0.3 is 0 Å². The Morgan fingerprint density at radius 3 is 2.87 bits per heavy atom. The van der Waals surface area contributed by atoms with Crippen molar-refractivity contribution < 1.29 is 9.59 Å². The van der Waals surface area contributed by atoms with Crippen LogP contribution in [0.5, 0.6) is 0 Å². The SMILES string of the molecule is CC1(C)CN(C(=O)c2ccc3c(c2)NC(=O)CS3)CCC1N.Cl. The van der Waals surface area contributed by atoms with Gasteiger partial charge in [-0.25, -0.2) is 0 Å². The average molecular weight is 356 g/mol. The van der Waals surface area contributed by atoms with Crippen LogP contribution in [0.15, 0.2) is 23.1 Å². The van der Waals surface area contributed by atoms with Crippen molar-refractivity contribution in [3.8, 4) is 0 Å². The lowest BCUT2D eigenvalue weighted by atomic mass is 9.79. The van der Waals surface area contributed by atoms with Crippen LogP contribution >= 0.6 is 24.2 Å². The highest BCUT2D eigenvalue weighted by Gasteiger charge is 2.35. The summed E-state index contributed by atoms with van der Waals surface area (Å²) in [5.74, 6) is 0.415. The first-order valence-electron chi connectivity index (χ1n) is 7.48. The van der Waals surface area contributed by atoms with Crippen molar-refractivity contribution in [1.82, 2.24) is 4.90 Å². The number of nitrogens with one attached hydrogen (secondary N) is 1. The molecule has 2 amide bonds. The van der Waals surface area contributed by atoms with Crippen LogP contribution in [-0.4, -0.2) is 41.6 Å². The van der Waals surface area contributed by atoms with Crippen molar-refractivity contribution >= 4 is 41.7 Å². The molecule has 3 N–H and O–H groups in total. The number of rotatable bonds is 1. The number of hydrogen-bond donors (Lipinski definition) is 2. The van der Waals surface area contributed by atoms with Gasteiger partial charge in [0.15, 0.2) is 0 Å². The molecule has 2 aliphatic rings. The quantitative estimate of drug-likeness (QED) is 0.810. The number of fused-ring (bicyclic) bond motifs is 1. The fourth-order valence-corrected chi connectivity index (χ4v) is 3.73. The monoisotopic (exact) mass is 355 g/mol. The van der Waals surface area contributed by atoms with E-state index in [4.69, 9.17) is 5.73 Å². The number of benzene rings is 1. The number of nitrogens with two attached hydrogens (primary N) is 1. The van der Waals surface area contributed by atoms with Crippen LogP contribution in [0.3, 0.4) is 0 Å². The zero-order valence-electron chi connectivity index (χ0n) is 13.3. The van der Waals surface area contributed by atoms with Gasteiger partial charge in [0.1, 0.15) is 0 Å². The van der Waals surface area contributed by atoms with E-state index in [-0.39, 0.29) is 35.7 Å². The lowest BCUT2D eigenvalue weighted by molar-refractivity contribution is -0.113. The normalized spacial score (nSPS) is 22.7. The van der Waals surface area contributed by atoms with Gasteiger partial charge in [-0.3, -0.25) is 9.59 Å². The van der Waals surface area contributed by atoms with Gasteiger partial charge in [-0.05, 0) is 30.0 Å². The highest BCUT2D eigenvalue weighted by atomic mass is 35.5. The van der Waals surface area contributed by atoms with Gasteiger partial charge in [-0.15, -0.1) is 24.2 Å². The maximum Gasteiger partial charge on any atom is 0.253 e. The van der Waals surface area contributed by atoms with Gasteiger partial charge in [0.2, 0.25) is 5.91 Å². The van der Waals surface area contributed by atoms with Gasteiger partial charge in [0, 0.05) is 29.6 Å². The summed E-state index contributed by atoms with van der Waals surface area (Å²) in [5, 5.41) is 2.83. The lowest BCUT2D eigenvalue weighted by Crippen LogP contribution is -2.54. The van der Waals surface area contributed by atoms with E-state index in [1.807, 2.05) is 17.0 Å². The van der Waals surface area contributed by atoms with Crippen LogP contribution in [0.1, 0.15) is 30.6 Å². The molecule has 1 saturated heterocycles. The summed E-state index contributed by atoms with van der Waals surface area (Å²) in [4.78, 5) is 27.1. The van der Waals surface area contributed by atoms with Crippen LogP contribution in [0.4, 0.5) is 5.69 Å². The first-order chi connectivity index (χ1) is 10.4. The fraction of sp³-hybridized carbons (Fsp3) is 0.500. The maximum absolute atomic E-state index is 12.7. The summed E-state index contributed by atoms with van der Waals surface area (Å²) >= 11 is 1.50. The van der Waals surface area contributed by atoms with E-state index in [0.717, 1.165) is 17.0 Å². The van der Waals surface area contributed by atoms with Gasteiger partial charge in [-0.2, -0.15) is 0 Å². The average Bonchev–Trinajstić information content (AvgIpc) is 2.48. The third-order valence-electron chi connectivity index (χ3n) is 4.46. The van der Waals surface area contributed by atoms with Crippen molar-refractivity contribution in [3.05, 3.63) is 23.8 Å². The minimum Gasteiger partial charge on any atom is -0.338 e.